The largest absolute Gasteiger partial charge is 0.508 e. The average molecular weight is 602 g/mol. The second-order valence-corrected chi connectivity index (χ2v) is 9.87. The van der Waals surface area contributed by atoms with E-state index in [-0.39, 0.29) is 23.1 Å². The second-order valence-electron chi connectivity index (χ2n) is 8.45. The van der Waals surface area contributed by atoms with Crippen molar-refractivity contribution in [2.45, 2.75) is 20.8 Å². The number of aromatic hydroxyl groups is 2. The molecule has 0 saturated carbocycles. The Labute approximate surface area is 243 Å². The molecule has 0 aromatic heterocycles. The Bertz CT molecular complexity index is 1370. The first-order valence-corrected chi connectivity index (χ1v) is 13.7. The van der Waals surface area contributed by atoms with Crippen molar-refractivity contribution in [3.8, 4) is 11.5 Å². The van der Waals surface area contributed by atoms with Crippen LogP contribution in [-0.4, -0.2) is 13.9 Å². The van der Waals surface area contributed by atoms with Gasteiger partial charge in [0.05, 0.1) is 0 Å². The zero-order valence-electron chi connectivity index (χ0n) is 22.3. The monoisotopic (exact) mass is 600 g/mol. The van der Waals surface area contributed by atoms with Gasteiger partial charge in [0, 0.05) is 0 Å². The molecule has 5 heteroatoms. The fourth-order valence-corrected chi connectivity index (χ4v) is 3.49. The van der Waals surface area contributed by atoms with Crippen molar-refractivity contribution >= 4 is 25.3 Å². The Balaban J connectivity index is 0.000000177. The van der Waals surface area contributed by atoms with Gasteiger partial charge in [-0.05, 0) is 48.5 Å². The molecule has 6 aromatic rings. The number of phenols is 2. The Morgan fingerprint density at radius 2 is 0.897 bits per heavy atom. The van der Waals surface area contributed by atoms with Crippen LogP contribution in [0.15, 0.2) is 121 Å². The molecule has 6 aromatic carbocycles. The molecule has 0 amide bonds. The maximum Gasteiger partial charge on any atom is 0.123 e. The number of rotatable bonds is 0. The summed E-state index contributed by atoms with van der Waals surface area (Å²) in [6.45, 7) is 6.32. The topological polar surface area (TPSA) is 40.5 Å². The summed E-state index contributed by atoms with van der Waals surface area (Å²) in [6, 6.07) is 35.5. The van der Waals surface area contributed by atoms with Crippen LogP contribution in [0.3, 0.4) is 0 Å². The van der Waals surface area contributed by atoms with Gasteiger partial charge in [0.1, 0.15) is 23.1 Å². The van der Waals surface area contributed by atoms with Gasteiger partial charge in [-0.1, -0.05) is 26.0 Å². The van der Waals surface area contributed by atoms with E-state index < -0.39 is 0 Å². The van der Waals surface area contributed by atoms with Gasteiger partial charge < -0.3 is 10.2 Å². The van der Waals surface area contributed by atoms with Gasteiger partial charge in [0.25, 0.3) is 0 Å². The molecule has 0 aliphatic heterocycles. The molecule has 0 atom stereocenters. The number of benzene rings is 4. The number of fused-ring (bicyclic) bond motifs is 2. The Morgan fingerprint density at radius 1 is 0.590 bits per heavy atom. The van der Waals surface area contributed by atoms with Crippen molar-refractivity contribution in [3.63, 3.8) is 0 Å². The maximum atomic E-state index is 12.0. The molecule has 0 aliphatic carbocycles. The van der Waals surface area contributed by atoms with Gasteiger partial charge >= 0.3 is 34.9 Å². The smallest absolute Gasteiger partial charge is 0.123 e. The molecule has 0 fully saturated rings. The Kier molecular flexibility index (Phi) is 13.8. The molecule has 0 spiro atoms. The van der Waals surface area contributed by atoms with Gasteiger partial charge in [-0.15, -0.1) is 70.1 Å². The summed E-state index contributed by atoms with van der Waals surface area (Å²) in [7, 11) is 0. The van der Waals surface area contributed by atoms with Gasteiger partial charge in [0.2, 0.25) is 0 Å². The van der Waals surface area contributed by atoms with E-state index >= 15 is 0 Å². The fraction of sp³-hybridized carbons (Fsp3) is 0.0882. The van der Waals surface area contributed by atoms with Gasteiger partial charge in [-0.3, -0.25) is 0 Å². The maximum absolute atomic E-state index is 12.0. The molecular weight excluding hydrogens is 570 g/mol. The molecule has 39 heavy (non-hydrogen) atoms. The molecule has 6 rings (SSSR count). The third kappa shape index (κ3) is 11.3. The third-order valence-electron chi connectivity index (χ3n) is 5.45. The van der Waals surface area contributed by atoms with Crippen LogP contribution in [0.25, 0.3) is 21.5 Å². The van der Waals surface area contributed by atoms with Crippen molar-refractivity contribution in [1.82, 2.24) is 0 Å². The molecule has 0 heterocycles. The van der Waals surface area contributed by atoms with Crippen LogP contribution in [0.1, 0.15) is 18.1 Å². The predicted octanol–water partition coefficient (Wildman–Crippen LogP) is 9.15. The van der Waals surface area contributed by atoms with Crippen LogP contribution in [0.2, 0.25) is 0 Å². The zero-order chi connectivity index (χ0) is 28.6. The first-order valence-electron chi connectivity index (χ1n) is 12.3. The molecule has 0 bridgehead atoms. The summed E-state index contributed by atoms with van der Waals surface area (Å²) >= 11 is 1.51. The Hall–Kier alpha value is -3.69. The van der Waals surface area contributed by atoms with Crippen molar-refractivity contribution in [1.29, 1.82) is 0 Å². The SMILES string of the molecule is C[CH]=[Zr+2].Cc1c[cH-]c2ccccc12.Cc1c[cH-]c2ccccc12.Oc1ccc(F)cc1.Oc1ccc(F)cc1. The van der Waals surface area contributed by atoms with Crippen LogP contribution < -0.4 is 0 Å². The van der Waals surface area contributed by atoms with E-state index in [2.05, 4.69) is 90.4 Å². The van der Waals surface area contributed by atoms with E-state index in [0.717, 1.165) is 0 Å². The molecule has 0 unspecified atom stereocenters. The molecule has 0 radical (unpaired) electrons. The van der Waals surface area contributed by atoms with E-state index in [9.17, 15) is 8.78 Å². The van der Waals surface area contributed by atoms with Crippen LogP contribution in [-0.2, 0) is 24.2 Å². The van der Waals surface area contributed by atoms with Crippen molar-refractivity contribution in [2.75, 3.05) is 0 Å². The average Bonchev–Trinajstić information content (AvgIpc) is 3.52. The number of hydrogen-bond donors (Lipinski definition) is 2. The van der Waals surface area contributed by atoms with Crippen LogP contribution in [0.5, 0.6) is 11.5 Å². The van der Waals surface area contributed by atoms with Crippen molar-refractivity contribution in [3.05, 3.63) is 144 Å². The fourth-order valence-electron chi connectivity index (χ4n) is 3.49. The number of hydrogen-bond acceptors (Lipinski definition) is 2. The quantitative estimate of drug-likeness (QED) is 0.171. The molecule has 0 aliphatic rings. The van der Waals surface area contributed by atoms with Crippen LogP contribution >= 0.6 is 0 Å². The molecule has 0 saturated heterocycles. The summed E-state index contributed by atoms with van der Waals surface area (Å²) in [5.74, 6) is -0.483. The summed E-state index contributed by atoms with van der Waals surface area (Å²) < 4.78 is 26.0. The normalized spacial score (nSPS) is 9.51. The second kappa shape index (κ2) is 17.0. The number of halogens is 2. The third-order valence-corrected chi connectivity index (χ3v) is 5.45. The minimum atomic E-state index is -0.331. The predicted molar refractivity (Wildman–Crippen MR) is 156 cm³/mol. The van der Waals surface area contributed by atoms with E-state index in [1.54, 1.807) is 0 Å². The molecular formula is C34H32F2O2Zr. The standard InChI is InChI=1S/2C10H9.2C6H5FO.C2H4.Zr/c2*1-8-6-7-9-4-2-3-5-10(8)9;2*7-5-1-3-6(8)4-2-5;1-2;/h2*2-7H,1H3;2*1-4,8H;1H,2H3;/q2*-1;;;;+2. The minimum Gasteiger partial charge on any atom is -0.508 e. The first-order chi connectivity index (χ1) is 18.7. The van der Waals surface area contributed by atoms with E-state index in [1.165, 1.54) is 105 Å². The van der Waals surface area contributed by atoms with E-state index in [1.807, 2.05) is 6.92 Å². The van der Waals surface area contributed by atoms with Crippen LogP contribution in [0.4, 0.5) is 8.78 Å². The van der Waals surface area contributed by atoms with Crippen molar-refractivity contribution in [2.24, 2.45) is 0 Å². The van der Waals surface area contributed by atoms with Crippen molar-refractivity contribution < 1.29 is 43.2 Å². The summed E-state index contributed by atoms with van der Waals surface area (Å²) in [5, 5.41) is 22.6. The minimum absolute atomic E-state index is 0.0893. The molecule has 2 N–H and O–H groups in total. The first kappa shape index (κ1) is 31.5. The van der Waals surface area contributed by atoms with Crippen LogP contribution in [0, 0.1) is 25.5 Å². The summed E-state index contributed by atoms with van der Waals surface area (Å²) in [4.78, 5) is 0. The van der Waals surface area contributed by atoms with E-state index in [4.69, 9.17) is 10.2 Å². The van der Waals surface area contributed by atoms with E-state index in [0.29, 0.717) is 0 Å². The summed E-state index contributed by atoms with van der Waals surface area (Å²) in [6.07, 6.45) is 0. The number of phenolic OH excluding ortho intramolecular Hbond substituents is 2. The van der Waals surface area contributed by atoms with Gasteiger partial charge in [-0.2, -0.15) is 23.3 Å². The number of aryl methyl sites for hydroxylation is 2. The summed E-state index contributed by atoms with van der Waals surface area (Å²) in [5.41, 5.74) is 2.74. The molecule has 2 nitrogen and oxygen atoms in total. The molecule has 198 valence electrons. The Morgan fingerprint density at radius 3 is 1.18 bits per heavy atom. The van der Waals surface area contributed by atoms with Gasteiger partial charge in [-0.25, -0.2) is 8.78 Å². The van der Waals surface area contributed by atoms with Gasteiger partial charge in [0.15, 0.2) is 0 Å². The zero-order valence-corrected chi connectivity index (χ0v) is 24.7.